The van der Waals surface area contributed by atoms with Gasteiger partial charge in [0.25, 0.3) is 0 Å². The lowest BCUT2D eigenvalue weighted by molar-refractivity contribution is 0.143. The van der Waals surface area contributed by atoms with Crippen LogP contribution in [0.25, 0.3) is 0 Å². The molecule has 2 heterocycles. The van der Waals surface area contributed by atoms with Crippen molar-refractivity contribution in [3.05, 3.63) is 95.8 Å². The van der Waals surface area contributed by atoms with E-state index in [1.807, 2.05) is 24.4 Å². The molecule has 0 unspecified atom stereocenters. The summed E-state index contributed by atoms with van der Waals surface area (Å²) in [5, 5.41) is 9.49. The average Bonchev–Trinajstić information content (AvgIpc) is 2.76. The molecule has 1 saturated heterocycles. The Bertz CT molecular complexity index is 854. The van der Waals surface area contributed by atoms with Crippen molar-refractivity contribution in [2.75, 3.05) is 13.1 Å². The van der Waals surface area contributed by atoms with Crippen LogP contribution in [0.2, 0.25) is 0 Å². The van der Waals surface area contributed by atoms with Crippen molar-refractivity contribution in [3.63, 3.8) is 0 Å². The maximum atomic E-state index is 9.49. The van der Waals surface area contributed by atoms with Crippen LogP contribution in [0.15, 0.2) is 79.0 Å². The molecule has 2 aromatic carbocycles. The molecular weight excluding hydrogens is 344 g/mol. The lowest BCUT2D eigenvalue weighted by Crippen LogP contribution is -2.43. The van der Waals surface area contributed by atoms with Gasteiger partial charge >= 0.3 is 0 Å². The predicted octanol–water partition coefficient (Wildman–Crippen LogP) is 4.95. The number of phenolic OH excluding ortho intramolecular Hbond substituents is 1. The van der Waals surface area contributed by atoms with Gasteiger partial charge in [-0.3, -0.25) is 9.88 Å². The van der Waals surface area contributed by atoms with E-state index in [1.165, 1.54) is 16.8 Å². The molecule has 144 valence electrons. The lowest BCUT2D eigenvalue weighted by atomic mass is 9.71. The summed E-state index contributed by atoms with van der Waals surface area (Å²) in [5.41, 5.74) is 4.06. The zero-order valence-electron chi connectivity index (χ0n) is 16.3. The summed E-state index contributed by atoms with van der Waals surface area (Å²) >= 11 is 0. The molecule has 0 saturated carbocycles. The molecule has 3 nitrogen and oxygen atoms in total. The van der Waals surface area contributed by atoms with Crippen LogP contribution >= 0.6 is 0 Å². The van der Waals surface area contributed by atoms with Gasteiger partial charge in [0.05, 0.1) is 0 Å². The number of aryl methyl sites for hydroxylation is 1. The van der Waals surface area contributed by atoms with E-state index in [2.05, 4.69) is 47.4 Å². The third-order valence-electron chi connectivity index (χ3n) is 6.10. The highest BCUT2D eigenvalue weighted by Crippen LogP contribution is 2.39. The molecule has 0 atom stereocenters. The van der Waals surface area contributed by atoms with Gasteiger partial charge in [-0.1, -0.05) is 48.5 Å². The summed E-state index contributed by atoms with van der Waals surface area (Å²) < 4.78 is 0. The zero-order valence-corrected chi connectivity index (χ0v) is 16.3. The van der Waals surface area contributed by atoms with E-state index in [0.29, 0.717) is 5.75 Å². The maximum Gasteiger partial charge on any atom is 0.115 e. The molecule has 0 bridgehead atoms. The number of rotatable bonds is 6. The number of nitrogens with zero attached hydrogens (tertiary/aromatic N) is 2. The van der Waals surface area contributed by atoms with Gasteiger partial charge in [-0.25, -0.2) is 0 Å². The van der Waals surface area contributed by atoms with Gasteiger partial charge in [0.15, 0.2) is 0 Å². The number of phenols is 1. The van der Waals surface area contributed by atoms with E-state index in [0.717, 1.165) is 45.3 Å². The first-order valence-corrected chi connectivity index (χ1v) is 10.2. The number of benzene rings is 2. The molecule has 1 aliphatic heterocycles. The quantitative estimate of drug-likeness (QED) is 0.665. The summed E-state index contributed by atoms with van der Waals surface area (Å²) in [7, 11) is 0. The largest absolute Gasteiger partial charge is 0.508 e. The highest BCUT2D eigenvalue weighted by molar-refractivity contribution is 5.26. The first-order chi connectivity index (χ1) is 13.7. The van der Waals surface area contributed by atoms with E-state index in [4.69, 9.17) is 4.98 Å². The Balaban J connectivity index is 1.46. The van der Waals surface area contributed by atoms with E-state index in [9.17, 15) is 5.11 Å². The molecule has 0 aliphatic carbocycles. The van der Waals surface area contributed by atoms with E-state index < -0.39 is 0 Å². The predicted molar refractivity (Wildman–Crippen MR) is 113 cm³/mol. The summed E-state index contributed by atoms with van der Waals surface area (Å²) in [5.74, 6) is 0.331. The topological polar surface area (TPSA) is 36.4 Å². The second-order valence-corrected chi connectivity index (χ2v) is 7.92. The molecule has 3 aromatic rings. The van der Waals surface area contributed by atoms with Crippen LogP contribution in [-0.4, -0.2) is 28.1 Å². The molecule has 28 heavy (non-hydrogen) atoms. The number of hydrogen-bond acceptors (Lipinski definition) is 3. The number of pyridine rings is 1. The van der Waals surface area contributed by atoms with Crippen LogP contribution in [0.5, 0.6) is 5.75 Å². The molecule has 0 amide bonds. The van der Waals surface area contributed by atoms with Gasteiger partial charge in [0, 0.05) is 23.9 Å². The van der Waals surface area contributed by atoms with Crippen molar-refractivity contribution in [2.24, 2.45) is 0 Å². The Morgan fingerprint density at radius 2 is 1.54 bits per heavy atom. The monoisotopic (exact) mass is 372 g/mol. The fraction of sp³-hybridized carbons (Fsp3) is 0.320. The van der Waals surface area contributed by atoms with Crippen LogP contribution < -0.4 is 0 Å². The Hall–Kier alpha value is -2.65. The summed E-state index contributed by atoms with van der Waals surface area (Å²) in [4.78, 5) is 7.28. The van der Waals surface area contributed by atoms with Gasteiger partial charge < -0.3 is 5.11 Å². The molecule has 3 heteroatoms. The molecule has 1 N–H and O–H groups in total. The van der Waals surface area contributed by atoms with Crippen molar-refractivity contribution >= 4 is 0 Å². The number of piperidine rings is 1. The highest BCUT2D eigenvalue weighted by Gasteiger charge is 2.36. The summed E-state index contributed by atoms with van der Waals surface area (Å²) in [6, 6.07) is 24.7. The van der Waals surface area contributed by atoms with Crippen molar-refractivity contribution in [1.82, 2.24) is 9.88 Å². The minimum atomic E-state index is 0.155. The molecule has 0 radical (unpaired) electrons. The van der Waals surface area contributed by atoms with Crippen LogP contribution in [0.4, 0.5) is 0 Å². The van der Waals surface area contributed by atoms with Gasteiger partial charge in [-0.2, -0.15) is 0 Å². The first kappa shape index (κ1) is 18.7. The third kappa shape index (κ3) is 4.42. The fourth-order valence-corrected chi connectivity index (χ4v) is 4.34. The normalized spacial score (nSPS) is 16.7. The minimum absolute atomic E-state index is 0.155. The van der Waals surface area contributed by atoms with Crippen LogP contribution in [0.1, 0.15) is 36.1 Å². The minimum Gasteiger partial charge on any atom is -0.508 e. The maximum absolute atomic E-state index is 9.49. The molecule has 1 aliphatic rings. The highest BCUT2D eigenvalue weighted by atomic mass is 16.3. The van der Waals surface area contributed by atoms with Crippen molar-refractivity contribution in [3.8, 4) is 5.75 Å². The standard InChI is InChI=1S/C25H28N2O/c28-23-11-9-22(10-12-23)20-27-18-15-25(16-19-27,24-8-4-5-17-26-24)14-13-21-6-2-1-3-7-21/h1-12,17,28H,13-16,18-20H2. The zero-order chi connectivity index (χ0) is 19.2. The molecular formula is C25H28N2O. The molecule has 1 fully saturated rings. The number of aromatic nitrogens is 1. The van der Waals surface area contributed by atoms with Crippen LogP contribution in [0.3, 0.4) is 0 Å². The smallest absolute Gasteiger partial charge is 0.115 e. The molecule has 0 spiro atoms. The summed E-state index contributed by atoms with van der Waals surface area (Å²) in [6.07, 6.45) is 6.43. The number of likely N-dealkylation sites (tertiary alicyclic amines) is 1. The van der Waals surface area contributed by atoms with E-state index >= 15 is 0 Å². The average molecular weight is 373 g/mol. The Morgan fingerprint density at radius 1 is 0.821 bits per heavy atom. The van der Waals surface area contributed by atoms with Crippen molar-refractivity contribution in [2.45, 2.75) is 37.6 Å². The second-order valence-electron chi connectivity index (χ2n) is 7.92. The number of hydrogen-bond donors (Lipinski definition) is 1. The van der Waals surface area contributed by atoms with Gasteiger partial charge in [0.1, 0.15) is 5.75 Å². The summed E-state index contributed by atoms with van der Waals surface area (Å²) in [6.45, 7) is 3.09. The Kier molecular flexibility index (Phi) is 5.73. The van der Waals surface area contributed by atoms with Gasteiger partial charge in [-0.05, 0) is 74.2 Å². The molecule has 1 aromatic heterocycles. The van der Waals surface area contributed by atoms with Gasteiger partial charge in [0.2, 0.25) is 0 Å². The SMILES string of the molecule is Oc1ccc(CN2CCC(CCc3ccccc3)(c3ccccn3)CC2)cc1. The molecule has 4 rings (SSSR count). The lowest BCUT2D eigenvalue weighted by Gasteiger charge is -2.42. The Labute approximate surface area is 167 Å². The second kappa shape index (κ2) is 8.57. The van der Waals surface area contributed by atoms with Crippen LogP contribution in [-0.2, 0) is 18.4 Å². The number of aromatic hydroxyl groups is 1. The third-order valence-corrected chi connectivity index (χ3v) is 6.10. The van der Waals surface area contributed by atoms with Gasteiger partial charge in [-0.15, -0.1) is 0 Å². The Morgan fingerprint density at radius 3 is 2.21 bits per heavy atom. The van der Waals surface area contributed by atoms with Crippen LogP contribution in [0, 0.1) is 0 Å². The van der Waals surface area contributed by atoms with E-state index in [1.54, 1.807) is 12.1 Å². The first-order valence-electron chi connectivity index (χ1n) is 10.2. The van der Waals surface area contributed by atoms with E-state index in [-0.39, 0.29) is 5.41 Å². The fourth-order valence-electron chi connectivity index (χ4n) is 4.34. The van der Waals surface area contributed by atoms with Crippen molar-refractivity contribution < 1.29 is 5.11 Å². The van der Waals surface area contributed by atoms with Crippen molar-refractivity contribution in [1.29, 1.82) is 0 Å².